The van der Waals surface area contributed by atoms with Gasteiger partial charge in [0.2, 0.25) is 0 Å². The van der Waals surface area contributed by atoms with Crippen molar-refractivity contribution in [3.05, 3.63) is 40.5 Å². The predicted molar refractivity (Wildman–Crippen MR) is 63.3 cm³/mol. The number of carbonyl (C=O) groups excluding carboxylic acids is 2. The SMILES string of the molecule is [B]c1ccsc1C(=O)NNC(=O)c1ccco1. The first-order chi connectivity index (χ1) is 8.18. The molecule has 2 aromatic rings. The van der Waals surface area contributed by atoms with Crippen molar-refractivity contribution in [3.63, 3.8) is 0 Å². The van der Waals surface area contributed by atoms with Crippen LogP contribution in [0.3, 0.4) is 0 Å². The first-order valence-corrected chi connectivity index (χ1v) is 5.53. The highest BCUT2D eigenvalue weighted by Gasteiger charge is 2.12. The maximum atomic E-state index is 11.6. The third-order valence-corrected chi connectivity index (χ3v) is 2.87. The van der Waals surface area contributed by atoms with Crippen molar-refractivity contribution in [3.8, 4) is 0 Å². The van der Waals surface area contributed by atoms with Crippen LogP contribution in [0.1, 0.15) is 20.2 Å². The van der Waals surface area contributed by atoms with Crippen LogP contribution >= 0.6 is 11.3 Å². The Kier molecular flexibility index (Phi) is 3.29. The fourth-order valence-corrected chi connectivity index (χ4v) is 1.86. The molecular weight excluding hydrogens is 239 g/mol. The number of hydrogen-bond donors (Lipinski definition) is 2. The number of nitrogens with one attached hydrogen (secondary N) is 2. The van der Waals surface area contributed by atoms with Crippen LogP contribution in [0, 0.1) is 0 Å². The summed E-state index contributed by atoms with van der Waals surface area (Å²) in [6.45, 7) is 0. The minimum Gasteiger partial charge on any atom is -0.459 e. The number of amides is 2. The molecule has 0 atom stereocenters. The van der Waals surface area contributed by atoms with Gasteiger partial charge in [-0.25, -0.2) is 0 Å². The van der Waals surface area contributed by atoms with Crippen LogP contribution in [0.25, 0.3) is 0 Å². The number of furan rings is 1. The molecule has 5 nitrogen and oxygen atoms in total. The van der Waals surface area contributed by atoms with Crippen LogP contribution < -0.4 is 16.3 Å². The fourth-order valence-electron chi connectivity index (χ4n) is 1.14. The zero-order chi connectivity index (χ0) is 12.3. The lowest BCUT2D eigenvalue weighted by atomic mass is 9.97. The molecule has 17 heavy (non-hydrogen) atoms. The number of carbonyl (C=O) groups is 2. The van der Waals surface area contributed by atoms with Crippen LogP contribution in [-0.4, -0.2) is 19.7 Å². The van der Waals surface area contributed by atoms with Gasteiger partial charge in [0.1, 0.15) is 7.85 Å². The van der Waals surface area contributed by atoms with Gasteiger partial charge in [0.05, 0.1) is 11.1 Å². The van der Waals surface area contributed by atoms with Crippen molar-refractivity contribution >= 4 is 36.5 Å². The van der Waals surface area contributed by atoms with Crippen molar-refractivity contribution in [2.45, 2.75) is 0 Å². The standard InChI is InChI=1S/C10H7BN2O3S/c11-6-3-5-17-8(6)10(15)13-12-9(14)7-2-1-4-16-7/h1-5H,(H,12,14)(H,13,15). The summed E-state index contributed by atoms with van der Waals surface area (Å²) in [6, 6.07) is 4.68. The molecule has 0 aliphatic heterocycles. The molecule has 2 aromatic heterocycles. The van der Waals surface area contributed by atoms with Crippen molar-refractivity contribution in [2.75, 3.05) is 0 Å². The number of hydrogen-bond acceptors (Lipinski definition) is 4. The molecule has 0 aromatic carbocycles. The van der Waals surface area contributed by atoms with Gasteiger partial charge in [0.25, 0.3) is 5.91 Å². The molecule has 0 aliphatic rings. The van der Waals surface area contributed by atoms with Crippen molar-refractivity contribution in [1.82, 2.24) is 10.9 Å². The predicted octanol–water partition coefficient (Wildman–Crippen LogP) is 0.210. The average Bonchev–Trinajstić information content (AvgIpc) is 2.95. The zero-order valence-electron chi connectivity index (χ0n) is 8.60. The van der Waals surface area contributed by atoms with E-state index in [1.54, 1.807) is 17.5 Å². The van der Waals surface area contributed by atoms with Gasteiger partial charge in [-0.15, -0.1) is 11.3 Å². The minimum atomic E-state index is -0.529. The van der Waals surface area contributed by atoms with E-state index >= 15 is 0 Å². The Morgan fingerprint density at radius 1 is 1.24 bits per heavy atom. The summed E-state index contributed by atoms with van der Waals surface area (Å²) in [6.07, 6.45) is 1.37. The van der Waals surface area contributed by atoms with Gasteiger partial charge in [-0.3, -0.25) is 20.4 Å². The van der Waals surface area contributed by atoms with E-state index in [0.717, 1.165) is 0 Å². The largest absolute Gasteiger partial charge is 0.459 e. The number of thiophene rings is 1. The number of hydrazine groups is 1. The molecule has 0 saturated carbocycles. The lowest BCUT2D eigenvalue weighted by Gasteiger charge is -2.05. The van der Waals surface area contributed by atoms with Gasteiger partial charge in [-0.1, -0.05) is 11.5 Å². The highest BCUT2D eigenvalue weighted by molar-refractivity contribution is 7.13. The Morgan fingerprint density at radius 2 is 2.00 bits per heavy atom. The summed E-state index contributed by atoms with van der Waals surface area (Å²) in [5.74, 6) is -0.875. The number of rotatable bonds is 2. The van der Waals surface area contributed by atoms with E-state index in [0.29, 0.717) is 10.3 Å². The van der Waals surface area contributed by atoms with E-state index in [9.17, 15) is 9.59 Å². The summed E-state index contributed by atoms with van der Waals surface area (Å²) in [4.78, 5) is 23.3. The molecule has 7 heteroatoms. The van der Waals surface area contributed by atoms with E-state index in [4.69, 9.17) is 12.3 Å². The molecule has 2 N–H and O–H groups in total. The molecule has 2 amide bonds. The Balaban J connectivity index is 1.93. The zero-order valence-corrected chi connectivity index (χ0v) is 9.41. The molecule has 2 rings (SSSR count). The molecule has 2 radical (unpaired) electrons. The van der Waals surface area contributed by atoms with Gasteiger partial charge in [0.15, 0.2) is 5.76 Å². The third kappa shape index (κ3) is 2.56. The fraction of sp³-hybridized carbons (Fsp3) is 0. The second kappa shape index (κ2) is 4.88. The summed E-state index contributed by atoms with van der Waals surface area (Å²) in [7, 11) is 5.56. The summed E-state index contributed by atoms with van der Waals surface area (Å²) < 4.78 is 4.86. The first kappa shape index (κ1) is 11.5. The Labute approximate surface area is 102 Å². The molecule has 0 aliphatic carbocycles. The normalized spacial score (nSPS) is 9.88. The first-order valence-electron chi connectivity index (χ1n) is 4.65. The molecule has 0 saturated heterocycles. The van der Waals surface area contributed by atoms with E-state index < -0.39 is 11.8 Å². The van der Waals surface area contributed by atoms with Gasteiger partial charge in [-0.2, -0.15) is 0 Å². The maximum absolute atomic E-state index is 11.6. The second-order valence-corrected chi connectivity index (χ2v) is 4.01. The highest BCUT2D eigenvalue weighted by atomic mass is 32.1. The lowest BCUT2D eigenvalue weighted by molar-refractivity contribution is 0.0833. The quantitative estimate of drug-likeness (QED) is 0.587. The molecule has 2 heterocycles. The van der Waals surface area contributed by atoms with Gasteiger partial charge in [0, 0.05) is 0 Å². The van der Waals surface area contributed by atoms with Crippen LogP contribution in [-0.2, 0) is 0 Å². The Morgan fingerprint density at radius 3 is 2.59 bits per heavy atom. The smallest absolute Gasteiger partial charge is 0.305 e. The van der Waals surface area contributed by atoms with Crippen molar-refractivity contribution < 1.29 is 14.0 Å². The molecule has 0 unspecified atom stereocenters. The maximum Gasteiger partial charge on any atom is 0.305 e. The van der Waals surface area contributed by atoms with Crippen LogP contribution in [0.2, 0.25) is 0 Å². The van der Waals surface area contributed by atoms with E-state index in [1.807, 2.05) is 0 Å². The monoisotopic (exact) mass is 246 g/mol. The average molecular weight is 246 g/mol. The molecule has 0 spiro atoms. The molecular formula is C10H7BN2O3S. The van der Waals surface area contributed by atoms with Crippen LogP contribution in [0.4, 0.5) is 0 Å². The van der Waals surface area contributed by atoms with Crippen LogP contribution in [0.5, 0.6) is 0 Å². The topological polar surface area (TPSA) is 71.3 Å². The van der Waals surface area contributed by atoms with Gasteiger partial charge in [-0.05, 0) is 17.5 Å². The van der Waals surface area contributed by atoms with E-state index in [-0.39, 0.29) is 5.76 Å². The minimum absolute atomic E-state index is 0.115. The van der Waals surface area contributed by atoms with Crippen molar-refractivity contribution in [1.29, 1.82) is 0 Å². The van der Waals surface area contributed by atoms with Gasteiger partial charge < -0.3 is 4.42 Å². The third-order valence-electron chi connectivity index (χ3n) is 1.94. The summed E-state index contributed by atoms with van der Waals surface area (Å²) in [5, 5.41) is 1.69. The Bertz CT molecular complexity index is 536. The molecule has 0 bridgehead atoms. The Hall–Kier alpha value is -2.02. The van der Waals surface area contributed by atoms with E-state index in [2.05, 4.69) is 10.9 Å². The molecule has 84 valence electrons. The lowest BCUT2D eigenvalue weighted by Crippen LogP contribution is -2.42. The summed E-state index contributed by atoms with van der Waals surface area (Å²) in [5.41, 5.74) is 4.84. The van der Waals surface area contributed by atoms with Gasteiger partial charge >= 0.3 is 5.91 Å². The molecule has 0 fully saturated rings. The highest BCUT2D eigenvalue weighted by Crippen LogP contribution is 2.04. The van der Waals surface area contributed by atoms with Crippen LogP contribution in [0.15, 0.2) is 34.3 Å². The second-order valence-electron chi connectivity index (χ2n) is 3.09. The van der Waals surface area contributed by atoms with E-state index in [1.165, 1.54) is 23.7 Å². The summed E-state index contributed by atoms with van der Waals surface area (Å²) >= 11 is 1.20. The van der Waals surface area contributed by atoms with Crippen molar-refractivity contribution in [2.24, 2.45) is 0 Å².